The lowest BCUT2D eigenvalue weighted by Gasteiger charge is -2.31. The van der Waals surface area contributed by atoms with E-state index in [-0.39, 0.29) is 0 Å². The highest BCUT2D eigenvalue weighted by Crippen LogP contribution is 2.01. The fourth-order valence-corrected chi connectivity index (χ4v) is 1.97. The van der Waals surface area contributed by atoms with Crippen LogP contribution in [0, 0.1) is 0 Å². The zero-order valence-corrected chi connectivity index (χ0v) is 9.68. The van der Waals surface area contributed by atoms with Gasteiger partial charge in [-0.2, -0.15) is 11.8 Å². The molecule has 0 amide bonds. The third-order valence-corrected chi connectivity index (χ3v) is 2.98. The molecule has 0 radical (unpaired) electrons. The summed E-state index contributed by atoms with van der Waals surface area (Å²) in [7, 11) is 0. The Morgan fingerprint density at radius 1 is 1.50 bits per heavy atom. The summed E-state index contributed by atoms with van der Waals surface area (Å²) in [6, 6.07) is 0.417. The summed E-state index contributed by atoms with van der Waals surface area (Å²) in [6.07, 6.45) is 3.26. The van der Waals surface area contributed by atoms with E-state index < -0.39 is 0 Å². The summed E-state index contributed by atoms with van der Waals surface area (Å²) >= 11 is 1.87. The maximum Gasteiger partial charge on any atom is 0.0608 e. The maximum absolute atomic E-state index is 5.70. The molecule has 1 aliphatic rings. The molecule has 1 unspecified atom stereocenters. The van der Waals surface area contributed by atoms with E-state index in [1.807, 2.05) is 11.8 Å². The molecule has 1 fully saturated rings. The van der Waals surface area contributed by atoms with E-state index in [0.717, 1.165) is 32.7 Å². The van der Waals surface area contributed by atoms with E-state index in [2.05, 4.69) is 16.7 Å². The zero-order chi connectivity index (χ0) is 10.2. The molecule has 5 heteroatoms. The monoisotopic (exact) mass is 219 g/mol. The summed E-state index contributed by atoms with van der Waals surface area (Å²) in [4.78, 5) is 0. The summed E-state index contributed by atoms with van der Waals surface area (Å²) in [6.45, 7) is 4.29. The lowest BCUT2D eigenvalue weighted by Crippen LogP contribution is -2.52. The Hall–Kier alpha value is 0.190. The number of hydrazine groups is 1. The molecule has 0 aromatic carbocycles. The van der Waals surface area contributed by atoms with Gasteiger partial charge in [0.05, 0.1) is 13.2 Å². The van der Waals surface area contributed by atoms with Crippen LogP contribution in [-0.4, -0.2) is 55.9 Å². The average Bonchev–Trinajstić information content (AvgIpc) is 2.25. The van der Waals surface area contributed by atoms with Crippen molar-refractivity contribution < 1.29 is 4.74 Å². The SMILES string of the molecule is CSCCC(CN)NN1CCOCC1. The first-order valence-electron chi connectivity index (χ1n) is 5.14. The highest BCUT2D eigenvalue weighted by atomic mass is 32.2. The Kier molecular flexibility index (Phi) is 6.55. The van der Waals surface area contributed by atoms with Gasteiger partial charge in [0, 0.05) is 25.7 Å². The fraction of sp³-hybridized carbons (Fsp3) is 1.00. The van der Waals surface area contributed by atoms with Crippen molar-refractivity contribution >= 4 is 11.8 Å². The number of rotatable bonds is 6. The van der Waals surface area contributed by atoms with Crippen molar-refractivity contribution in [3.63, 3.8) is 0 Å². The number of thioether (sulfide) groups is 1. The lowest BCUT2D eigenvalue weighted by molar-refractivity contribution is 0.00409. The minimum Gasteiger partial charge on any atom is -0.379 e. The number of hydrogen-bond acceptors (Lipinski definition) is 5. The first-order valence-corrected chi connectivity index (χ1v) is 6.54. The summed E-state index contributed by atoms with van der Waals surface area (Å²) in [5.41, 5.74) is 9.16. The zero-order valence-electron chi connectivity index (χ0n) is 8.87. The topological polar surface area (TPSA) is 50.5 Å². The van der Waals surface area contributed by atoms with Gasteiger partial charge in [-0.1, -0.05) is 0 Å². The fourth-order valence-electron chi connectivity index (χ4n) is 1.45. The van der Waals surface area contributed by atoms with E-state index >= 15 is 0 Å². The minimum atomic E-state index is 0.417. The molecule has 1 rings (SSSR count). The van der Waals surface area contributed by atoms with Crippen LogP contribution in [0.4, 0.5) is 0 Å². The Balaban J connectivity index is 2.16. The van der Waals surface area contributed by atoms with Gasteiger partial charge >= 0.3 is 0 Å². The largest absolute Gasteiger partial charge is 0.379 e. The first kappa shape index (κ1) is 12.3. The number of hydrogen-bond donors (Lipinski definition) is 2. The van der Waals surface area contributed by atoms with Crippen molar-refractivity contribution in [2.45, 2.75) is 12.5 Å². The van der Waals surface area contributed by atoms with Crippen LogP contribution in [0.1, 0.15) is 6.42 Å². The Bertz CT molecular complexity index is 142. The molecule has 1 aliphatic heterocycles. The van der Waals surface area contributed by atoms with Gasteiger partial charge in [0.25, 0.3) is 0 Å². The van der Waals surface area contributed by atoms with Gasteiger partial charge in [-0.05, 0) is 18.4 Å². The van der Waals surface area contributed by atoms with Crippen molar-refractivity contribution in [2.24, 2.45) is 5.73 Å². The van der Waals surface area contributed by atoms with Crippen molar-refractivity contribution in [3.05, 3.63) is 0 Å². The Morgan fingerprint density at radius 3 is 2.79 bits per heavy atom. The molecule has 0 aliphatic carbocycles. The molecule has 84 valence electrons. The van der Waals surface area contributed by atoms with Gasteiger partial charge in [-0.25, -0.2) is 5.01 Å². The van der Waals surface area contributed by atoms with Gasteiger partial charge in [-0.3, -0.25) is 5.43 Å². The first-order chi connectivity index (χ1) is 6.86. The molecule has 0 saturated carbocycles. The highest BCUT2D eigenvalue weighted by molar-refractivity contribution is 7.98. The second-order valence-corrected chi connectivity index (χ2v) is 4.43. The molecule has 3 N–H and O–H groups in total. The van der Waals surface area contributed by atoms with Crippen LogP contribution in [0.25, 0.3) is 0 Å². The number of nitrogens with one attached hydrogen (secondary N) is 1. The van der Waals surface area contributed by atoms with Crippen LogP contribution in [0.15, 0.2) is 0 Å². The van der Waals surface area contributed by atoms with E-state index in [4.69, 9.17) is 10.5 Å². The van der Waals surface area contributed by atoms with Crippen molar-refractivity contribution in [3.8, 4) is 0 Å². The van der Waals surface area contributed by atoms with E-state index in [0.29, 0.717) is 12.6 Å². The van der Waals surface area contributed by atoms with E-state index in [9.17, 15) is 0 Å². The third kappa shape index (κ3) is 4.61. The molecular weight excluding hydrogens is 198 g/mol. The number of ether oxygens (including phenoxy) is 1. The molecule has 1 heterocycles. The summed E-state index contributed by atoms with van der Waals surface area (Å²) < 4.78 is 5.28. The molecule has 14 heavy (non-hydrogen) atoms. The second kappa shape index (κ2) is 7.48. The van der Waals surface area contributed by atoms with Crippen molar-refractivity contribution in [2.75, 3.05) is 44.9 Å². The average molecular weight is 219 g/mol. The Morgan fingerprint density at radius 2 is 2.21 bits per heavy atom. The number of morpholine rings is 1. The van der Waals surface area contributed by atoms with Crippen LogP contribution in [-0.2, 0) is 4.74 Å². The molecule has 0 spiro atoms. The molecule has 1 saturated heterocycles. The Labute approximate surface area is 90.5 Å². The maximum atomic E-state index is 5.70. The quantitative estimate of drug-likeness (QED) is 0.653. The summed E-state index contributed by atoms with van der Waals surface area (Å²) in [5.74, 6) is 1.17. The van der Waals surface area contributed by atoms with E-state index in [1.54, 1.807) is 0 Å². The van der Waals surface area contributed by atoms with Gasteiger partial charge in [0.15, 0.2) is 0 Å². The molecule has 1 atom stereocenters. The normalized spacial score (nSPS) is 21.0. The van der Waals surface area contributed by atoms with E-state index in [1.165, 1.54) is 5.75 Å². The van der Waals surface area contributed by atoms with Crippen LogP contribution in [0.3, 0.4) is 0 Å². The smallest absolute Gasteiger partial charge is 0.0608 e. The van der Waals surface area contributed by atoms with Gasteiger partial charge in [-0.15, -0.1) is 0 Å². The number of nitrogens with two attached hydrogens (primary N) is 1. The van der Waals surface area contributed by atoms with Crippen LogP contribution >= 0.6 is 11.8 Å². The van der Waals surface area contributed by atoms with Crippen LogP contribution in [0.5, 0.6) is 0 Å². The second-order valence-electron chi connectivity index (χ2n) is 3.44. The highest BCUT2D eigenvalue weighted by Gasteiger charge is 2.14. The molecule has 0 aromatic rings. The number of nitrogens with zero attached hydrogens (tertiary/aromatic N) is 1. The predicted octanol–water partition coefficient (Wildman–Crippen LogP) is -0.0964. The summed E-state index contributed by atoms with van der Waals surface area (Å²) in [5, 5.41) is 2.22. The van der Waals surface area contributed by atoms with Crippen molar-refractivity contribution in [1.29, 1.82) is 0 Å². The van der Waals surface area contributed by atoms with Gasteiger partial charge in [0.2, 0.25) is 0 Å². The minimum absolute atomic E-state index is 0.417. The third-order valence-electron chi connectivity index (χ3n) is 2.33. The van der Waals surface area contributed by atoms with Crippen LogP contribution in [0.2, 0.25) is 0 Å². The van der Waals surface area contributed by atoms with Gasteiger partial charge < -0.3 is 10.5 Å². The van der Waals surface area contributed by atoms with Gasteiger partial charge in [0.1, 0.15) is 0 Å². The lowest BCUT2D eigenvalue weighted by atomic mass is 10.2. The molecule has 4 nitrogen and oxygen atoms in total. The molecule has 0 bridgehead atoms. The molecule has 0 aromatic heterocycles. The van der Waals surface area contributed by atoms with Crippen molar-refractivity contribution in [1.82, 2.24) is 10.4 Å². The van der Waals surface area contributed by atoms with Crippen LogP contribution < -0.4 is 11.2 Å². The standard InChI is InChI=1S/C9H21N3OS/c1-14-7-2-9(8-10)11-12-3-5-13-6-4-12/h9,11H,2-8,10H2,1H3. The predicted molar refractivity (Wildman–Crippen MR) is 61.4 cm³/mol. The molecular formula is C9H21N3OS.